The van der Waals surface area contributed by atoms with Crippen molar-refractivity contribution in [3.05, 3.63) is 76.0 Å². The molecule has 3 aromatic rings. The number of carbonyl (C=O) groups is 1. The lowest BCUT2D eigenvalue weighted by molar-refractivity contribution is 0.0728. The van der Waals surface area contributed by atoms with E-state index in [0.29, 0.717) is 11.6 Å². The Morgan fingerprint density at radius 1 is 1.09 bits per heavy atom. The lowest BCUT2D eigenvalue weighted by atomic mass is 10.2. The van der Waals surface area contributed by atoms with Gasteiger partial charge in [0.25, 0.3) is 0 Å². The Morgan fingerprint density at radius 2 is 1.87 bits per heavy atom. The van der Waals surface area contributed by atoms with Crippen LogP contribution in [0.15, 0.2) is 54.7 Å². The number of carbonyl (C=O) groups excluding carboxylic acids is 1. The molecule has 0 saturated heterocycles. The summed E-state index contributed by atoms with van der Waals surface area (Å²) in [5.41, 5.74) is 1.15. The summed E-state index contributed by atoms with van der Waals surface area (Å²) in [5, 5.41) is 8.23. The summed E-state index contributed by atoms with van der Waals surface area (Å²) in [6.45, 7) is 0.513. The fourth-order valence-electron chi connectivity index (χ4n) is 1.95. The molecule has 23 heavy (non-hydrogen) atoms. The highest BCUT2D eigenvalue weighted by Gasteiger charge is 2.16. The normalized spacial score (nSPS) is 10.5. The fraction of sp³-hybridized carbons (Fsp3) is 0.0625. The van der Waals surface area contributed by atoms with Gasteiger partial charge < -0.3 is 4.74 Å². The first kappa shape index (κ1) is 15.5. The molecule has 0 amide bonds. The van der Waals surface area contributed by atoms with E-state index in [1.807, 2.05) is 30.3 Å². The maximum absolute atomic E-state index is 12.1. The largest absolute Gasteiger partial charge is 0.420 e. The van der Waals surface area contributed by atoms with Gasteiger partial charge in [0.2, 0.25) is 0 Å². The van der Waals surface area contributed by atoms with Crippen LogP contribution in [0.25, 0.3) is 0 Å². The van der Waals surface area contributed by atoms with Crippen molar-refractivity contribution in [2.45, 2.75) is 6.54 Å². The molecular formula is C16H11Cl2N3O2. The Balaban J connectivity index is 1.72. The zero-order chi connectivity index (χ0) is 16.2. The number of ether oxygens (including phenoxy) is 1. The minimum absolute atomic E-state index is 0.0944. The highest BCUT2D eigenvalue weighted by Crippen LogP contribution is 2.31. The molecule has 0 spiro atoms. The van der Waals surface area contributed by atoms with Crippen molar-refractivity contribution in [1.29, 1.82) is 0 Å². The first-order chi connectivity index (χ1) is 11.1. The molecule has 0 fully saturated rings. The number of hydrogen-bond donors (Lipinski definition) is 0. The van der Waals surface area contributed by atoms with Crippen LogP contribution in [-0.4, -0.2) is 21.0 Å². The summed E-state index contributed by atoms with van der Waals surface area (Å²) >= 11 is 11.9. The van der Waals surface area contributed by atoms with Gasteiger partial charge in [-0.1, -0.05) is 64.8 Å². The zero-order valence-electron chi connectivity index (χ0n) is 11.8. The maximum atomic E-state index is 12.1. The summed E-state index contributed by atoms with van der Waals surface area (Å²) in [4.78, 5) is 12.1. The molecule has 5 nitrogen and oxygen atoms in total. The Hall–Kier alpha value is -2.37. The number of halogens is 2. The van der Waals surface area contributed by atoms with Crippen LogP contribution < -0.4 is 4.74 Å². The molecular weight excluding hydrogens is 337 g/mol. The molecule has 3 rings (SSSR count). The van der Waals surface area contributed by atoms with Crippen LogP contribution in [0.5, 0.6) is 5.75 Å². The van der Waals surface area contributed by atoms with E-state index < -0.39 is 5.97 Å². The van der Waals surface area contributed by atoms with Gasteiger partial charge in [0.1, 0.15) is 5.02 Å². The SMILES string of the molecule is O=C(Oc1cccc(Cl)c1Cl)c1cn(Cc2ccccc2)nn1. The number of hydrogen-bond acceptors (Lipinski definition) is 4. The van der Waals surface area contributed by atoms with Crippen LogP contribution >= 0.6 is 23.2 Å². The van der Waals surface area contributed by atoms with Gasteiger partial charge in [-0.05, 0) is 17.7 Å². The highest BCUT2D eigenvalue weighted by molar-refractivity contribution is 6.43. The van der Waals surface area contributed by atoms with Crippen molar-refractivity contribution in [3.8, 4) is 5.75 Å². The summed E-state index contributed by atoms with van der Waals surface area (Å²) in [6.07, 6.45) is 1.52. The Morgan fingerprint density at radius 3 is 2.65 bits per heavy atom. The van der Waals surface area contributed by atoms with Crippen LogP contribution in [-0.2, 0) is 6.54 Å². The lowest BCUT2D eigenvalue weighted by Crippen LogP contribution is -2.09. The fourth-order valence-corrected chi connectivity index (χ4v) is 2.29. The second kappa shape index (κ2) is 6.81. The molecule has 0 saturated carbocycles. The van der Waals surface area contributed by atoms with Gasteiger partial charge in [-0.15, -0.1) is 5.10 Å². The van der Waals surface area contributed by atoms with Gasteiger partial charge in [0.15, 0.2) is 11.4 Å². The first-order valence-electron chi connectivity index (χ1n) is 6.74. The third kappa shape index (κ3) is 3.70. The summed E-state index contributed by atoms with van der Waals surface area (Å²) in [7, 11) is 0. The molecule has 0 aliphatic rings. The minimum atomic E-state index is -0.645. The monoisotopic (exact) mass is 347 g/mol. The first-order valence-corrected chi connectivity index (χ1v) is 7.49. The molecule has 0 aliphatic carbocycles. The van der Waals surface area contributed by atoms with Gasteiger partial charge in [-0.25, -0.2) is 9.48 Å². The topological polar surface area (TPSA) is 57.0 Å². The molecule has 0 aliphatic heterocycles. The smallest absolute Gasteiger partial charge is 0.365 e. The van der Waals surface area contributed by atoms with Gasteiger partial charge in [-0.2, -0.15) is 0 Å². The molecule has 116 valence electrons. The van der Waals surface area contributed by atoms with E-state index in [1.54, 1.807) is 22.9 Å². The van der Waals surface area contributed by atoms with Crippen molar-refractivity contribution in [1.82, 2.24) is 15.0 Å². The average Bonchev–Trinajstić information content (AvgIpc) is 3.01. The van der Waals surface area contributed by atoms with Gasteiger partial charge in [-0.3, -0.25) is 0 Å². The maximum Gasteiger partial charge on any atom is 0.365 e. The van der Waals surface area contributed by atoms with E-state index in [0.717, 1.165) is 5.56 Å². The van der Waals surface area contributed by atoms with Crippen LogP contribution in [0.2, 0.25) is 10.0 Å². The Labute approximate surface area is 142 Å². The van der Waals surface area contributed by atoms with E-state index in [1.165, 1.54) is 6.20 Å². The summed E-state index contributed by atoms with van der Waals surface area (Å²) in [5.74, 6) is -0.463. The number of rotatable bonds is 4. The number of benzene rings is 2. The molecule has 0 atom stereocenters. The van der Waals surface area contributed by atoms with Crippen LogP contribution in [0, 0.1) is 0 Å². The van der Waals surface area contributed by atoms with E-state index in [-0.39, 0.29) is 16.5 Å². The van der Waals surface area contributed by atoms with E-state index in [4.69, 9.17) is 27.9 Å². The van der Waals surface area contributed by atoms with Crippen molar-refractivity contribution in [2.75, 3.05) is 0 Å². The molecule has 7 heteroatoms. The molecule has 0 unspecified atom stereocenters. The van der Waals surface area contributed by atoms with Crippen molar-refractivity contribution < 1.29 is 9.53 Å². The van der Waals surface area contributed by atoms with Crippen LogP contribution in [0.3, 0.4) is 0 Å². The highest BCUT2D eigenvalue weighted by atomic mass is 35.5. The lowest BCUT2D eigenvalue weighted by Gasteiger charge is -2.05. The van der Waals surface area contributed by atoms with E-state index in [9.17, 15) is 4.79 Å². The molecule has 2 aromatic carbocycles. The van der Waals surface area contributed by atoms with Gasteiger partial charge >= 0.3 is 5.97 Å². The molecule has 1 heterocycles. The summed E-state index contributed by atoms with van der Waals surface area (Å²) in [6, 6.07) is 14.5. The molecule has 0 radical (unpaired) electrons. The van der Waals surface area contributed by atoms with Crippen LogP contribution in [0.1, 0.15) is 16.1 Å². The number of aromatic nitrogens is 3. The third-order valence-corrected chi connectivity index (χ3v) is 3.86. The van der Waals surface area contributed by atoms with Crippen molar-refractivity contribution in [3.63, 3.8) is 0 Å². The summed E-state index contributed by atoms with van der Waals surface area (Å²) < 4.78 is 6.77. The Bertz CT molecular complexity index is 834. The standard InChI is InChI=1S/C16H11Cl2N3O2/c17-12-7-4-8-14(15(12)18)23-16(22)13-10-21(20-19-13)9-11-5-2-1-3-6-11/h1-8,10H,9H2. The average molecular weight is 348 g/mol. The molecule has 0 bridgehead atoms. The third-order valence-electron chi connectivity index (χ3n) is 3.05. The zero-order valence-corrected chi connectivity index (χ0v) is 13.3. The van der Waals surface area contributed by atoms with Gasteiger partial charge in [0.05, 0.1) is 17.8 Å². The second-order valence-corrected chi connectivity index (χ2v) is 5.51. The van der Waals surface area contributed by atoms with Crippen molar-refractivity contribution in [2.24, 2.45) is 0 Å². The molecule has 1 aromatic heterocycles. The van der Waals surface area contributed by atoms with Gasteiger partial charge in [0, 0.05) is 0 Å². The minimum Gasteiger partial charge on any atom is -0.420 e. The quantitative estimate of drug-likeness (QED) is 0.531. The van der Waals surface area contributed by atoms with Crippen molar-refractivity contribution >= 4 is 29.2 Å². The van der Waals surface area contributed by atoms with Crippen LogP contribution in [0.4, 0.5) is 0 Å². The predicted octanol–water partition coefficient (Wildman–Crippen LogP) is 3.85. The van der Waals surface area contributed by atoms with E-state index >= 15 is 0 Å². The molecule has 0 N–H and O–H groups in total. The van der Waals surface area contributed by atoms with E-state index in [2.05, 4.69) is 10.3 Å². The predicted molar refractivity (Wildman–Crippen MR) is 87.0 cm³/mol. The number of esters is 1. The Kier molecular flexibility index (Phi) is 4.60. The second-order valence-electron chi connectivity index (χ2n) is 4.73. The number of nitrogens with zero attached hydrogens (tertiary/aromatic N) is 3.